The minimum absolute atomic E-state index is 0.0193. The predicted octanol–water partition coefficient (Wildman–Crippen LogP) is 3.31. The first-order chi connectivity index (χ1) is 14.1. The molecule has 3 aromatic rings. The summed E-state index contributed by atoms with van der Waals surface area (Å²) in [6.07, 6.45) is 2.14. The van der Waals surface area contributed by atoms with E-state index in [9.17, 15) is 4.79 Å². The largest absolute Gasteiger partial charge is 0.496 e. The zero-order valence-corrected chi connectivity index (χ0v) is 16.8. The van der Waals surface area contributed by atoms with Crippen LogP contribution in [0.3, 0.4) is 0 Å². The lowest BCUT2D eigenvalue weighted by atomic mass is 9.91. The summed E-state index contributed by atoms with van der Waals surface area (Å²) in [6.45, 7) is 2.03. The third-order valence-electron chi connectivity index (χ3n) is 5.32. The topological polar surface area (TPSA) is 69.5 Å². The van der Waals surface area contributed by atoms with Gasteiger partial charge in [0.2, 0.25) is 5.95 Å². The molecule has 29 heavy (non-hydrogen) atoms. The van der Waals surface area contributed by atoms with E-state index in [1.165, 1.54) is 19.0 Å². The van der Waals surface area contributed by atoms with Crippen molar-refractivity contribution in [2.24, 2.45) is 0 Å². The summed E-state index contributed by atoms with van der Waals surface area (Å²) >= 11 is 0. The number of aryl methyl sites for hydroxylation is 1. The van der Waals surface area contributed by atoms with Gasteiger partial charge in [-0.2, -0.15) is 10.1 Å². The van der Waals surface area contributed by atoms with Gasteiger partial charge in [-0.3, -0.25) is 9.69 Å². The molecule has 0 bridgehead atoms. The molecule has 2 unspecified atom stereocenters. The van der Waals surface area contributed by atoms with Crippen molar-refractivity contribution in [3.05, 3.63) is 71.5 Å². The Hall–Kier alpha value is -3.19. The van der Waals surface area contributed by atoms with E-state index in [0.29, 0.717) is 12.4 Å². The fourth-order valence-electron chi connectivity index (χ4n) is 3.94. The van der Waals surface area contributed by atoms with Crippen molar-refractivity contribution in [1.29, 1.82) is 0 Å². The van der Waals surface area contributed by atoms with Crippen LogP contribution in [0.25, 0.3) is 0 Å². The van der Waals surface area contributed by atoms with Crippen LogP contribution in [0.15, 0.2) is 54.9 Å². The van der Waals surface area contributed by atoms with Crippen molar-refractivity contribution in [3.63, 3.8) is 0 Å². The number of carbonyl (C=O) groups is 1. The first-order valence-corrected chi connectivity index (χ1v) is 9.54. The van der Waals surface area contributed by atoms with E-state index in [4.69, 9.17) is 9.47 Å². The van der Waals surface area contributed by atoms with E-state index < -0.39 is 0 Å². The molecule has 2 heterocycles. The number of nitrogens with zero attached hydrogens (tertiary/aromatic N) is 4. The zero-order valence-electron chi connectivity index (χ0n) is 16.8. The van der Waals surface area contributed by atoms with Gasteiger partial charge in [0.15, 0.2) is 0 Å². The van der Waals surface area contributed by atoms with Crippen LogP contribution >= 0.6 is 0 Å². The van der Waals surface area contributed by atoms with Gasteiger partial charge in [-0.05, 0) is 25.0 Å². The van der Waals surface area contributed by atoms with Crippen LogP contribution in [-0.4, -0.2) is 41.5 Å². The second kappa shape index (κ2) is 8.05. The molecule has 7 heteroatoms. The van der Waals surface area contributed by atoms with Gasteiger partial charge in [-0.25, -0.2) is 4.68 Å². The predicted molar refractivity (Wildman–Crippen MR) is 109 cm³/mol. The Labute approximate surface area is 169 Å². The molecule has 0 aliphatic carbocycles. The number of hydrogen-bond acceptors (Lipinski definition) is 5. The first-order valence-electron chi connectivity index (χ1n) is 9.54. The number of amides is 1. The Morgan fingerprint density at radius 1 is 1.10 bits per heavy atom. The third-order valence-corrected chi connectivity index (χ3v) is 5.32. The number of aromatic nitrogens is 3. The van der Waals surface area contributed by atoms with E-state index in [2.05, 4.69) is 34.3 Å². The van der Waals surface area contributed by atoms with Crippen LogP contribution in [0.1, 0.15) is 35.2 Å². The second-order valence-electron chi connectivity index (χ2n) is 7.12. The van der Waals surface area contributed by atoms with Gasteiger partial charge in [0.1, 0.15) is 18.7 Å². The first kappa shape index (κ1) is 19.1. The molecule has 0 fully saturated rings. The average Bonchev–Trinajstić information content (AvgIpc) is 3.23. The van der Waals surface area contributed by atoms with Crippen LogP contribution in [-0.2, 0) is 9.53 Å². The Morgan fingerprint density at radius 3 is 2.59 bits per heavy atom. The van der Waals surface area contributed by atoms with Crippen LogP contribution in [0, 0.1) is 6.92 Å². The molecule has 0 radical (unpaired) electrons. The lowest BCUT2D eigenvalue weighted by molar-refractivity contribution is -0.123. The number of carbonyl (C=O) groups excluding carboxylic acids is 1. The van der Waals surface area contributed by atoms with Gasteiger partial charge >= 0.3 is 0 Å². The molecule has 1 aliphatic rings. The third kappa shape index (κ3) is 3.49. The summed E-state index contributed by atoms with van der Waals surface area (Å²) < 4.78 is 12.5. The second-order valence-corrected chi connectivity index (χ2v) is 7.12. The van der Waals surface area contributed by atoms with Crippen LogP contribution in [0.5, 0.6) is 5.75 Å². The number of anilines is 1. The van der Waals surface area contributed by atoms with E-state index in [-0.39, 0.29) is 24.6 Å². The number of hydrogen-bond donors (Lipinski definition) is 0. The van der Waals surface area contributed by atoms with Gasteiger partial charge in [0, 0.05) is 12.7 Å². The SMILES string of the molecule is COCC(=O)N1c2ncnn2C(c2ccccc2OC)CC1c1ccc(C)cc1. The molecule has 7 nitrogen and oxygen atoms in total. The molecule has 1 amide bonds. The fourth-order valence-corrected chi connectivity index (χ4v) is 3.94. The highest BCUT2D eigenvalue weighted by Crippen LogP contribution is 2.43. The molecule has 150 valence electrons. The quantitative estimate of drug-likeness (QED) is 0.666. The maximum Gasteiger partial charge on any atom is 0.255 e. The van der Waals surface area contributed by atoms with Crippen molar-refractivity contribution >= 4 is 11.9 Å². The summed E-state index contributed by atoms with van der Waals surface area (Å²) in [5.41, 5.74) is 3.23. The molecule has 1 aromatic heterocycles. The molecular weight excluding hydrogens is 368 g/mol. The molecular formula is C22H24N4O3. The van der Waals surface area contributed by atoms with Gasteiger partial charge in [0.25, 0.3) is 5.91 Å². The molecule has 2 aromatic carbocycles. The number of fused-ring (bicyclic) bond motifs is 1. The van der Waals surface area contributed by atoms with Crippen LogP contribution in [0.2, 0.25) is 0 Å². The lowest BCUT2D eigenvalue weighted by Crippen LogP contribution is -2.44. The number of ether oxygens (including phenoxy) is 2. The van der Waals surface area contributed by atoms with Crippen LogP contribution in [0.4, 0.5) is 5.95 Å². The molecule has 0 spiro atoms. The lowest BCUT2D eigenvalue weighted by Gasteiger charge is -2.39. The maximum absolute atomic E-state index is 13.0. The highest BCUT2D eigenvalue weighted by atomic mass is 16.5. The summed E-state index contributed by atoms with van der Waals surface area (Å²) in [4.78, 5) is 19.1. The summed E-state index contributed by atoms with van der Waals surface area (Å²) in [7, 11) is 3.18. The number of benzene rings is 2. The summed E-state index contributed by atoms with van der Waals surface area (Å²) in [6, 6.07) is 15.9. The van der Waals surface area contributed by atoms with Crippen molar-refractivity contribution in [2.75, 3.05) is 25.7 Å². The highest BCUT2D eigenvalue weighted by molar-refractivity contribution is 5.93. The monoisotopic (exact) mass is 392 g/mol. The molecule has 0 saturated heterocycles. The minimum atomic E-state index is -0.190. The average molecular weight is 392 g/mol. The zero-order chi connectivity index (χ0) is 20.4. The highest BCUT2D eigenvalue weighted by Gasteiger charge is 2.40. The van der Waals surface area contributed by atoms with Crippen molar-refractivity contribution in [1.82, 2.24) is 14.8 Å². The van der Waals surface area contributed by atoms with Crippen molar-refractivity contribution < 1.29 is 14.3 Å². The maximum atomic E-state index is 13.0. The number of rotatable bonds is 5. The van der Waals surface area contributed by atoms with E-state index in [1.54, 1.807) is 16.7 Å². The molecule has 1 aliphatic heterocycles. The Bertz CT molecular complexity index is 999. The summed E-state index contributed by atoms with van der Waals surface area (Å²) in [5.74, 6) is 1.16. The minimum Gasteiger partial charge on any atom is -0.496 e. The number of methoxy groups -OCH3 is 2. The van der Waals surface area contributed by atoms with E-state index in [0.717, 1.165) is 16.9 Å². The fraction of sp³-hybridized carbons (Fsp3) is 0.318. The van der Waals surface area contributed by atoms with Gasteiger partial charge < -0.3 is 9.47 Å². The summed E-state index contributed by atoms with van der Waals surface area (Å²) in [5, 5.41) is 4.44. The van der Waals surface area contributed by atoms with Gasteiger partial charge in [-0.1, -0.05) is 48.0 Å². The van der Waals surface area contributed by atoms with Crippen LogP contribution < -0.4 is 9.64 Å². The smallest absolute Gasteiger partial charge is 0.255 e. The Kier molecular flexibility index (Phi) is 5.31. The van der Waals surface area contributed by atoms with E-state index in [1.807, 2.05) is 31.2 Å². The normalized spacial score (nSPS) is 18.4. The Morgan fingerprint density at radius 2 is 1.86 bits per heavy atom. The van der Waals surface area contributed by atoms with E-state index >= 15 is 0 Å². The van der Waals surface area contributed by atoms with Crippen molar-refractivity contribution in [2.45, 2.75) is 25.4 Å². The van der Waals surface area contributed by atoms with Gasteiger partial charge in [0.05, 0.1) is 19.2 Å². The molecule has 2 atom stereocenters. The Balaban J connectivity index is 1.85. The standard InChI is InChI=1S/C22H24N4O3/c1-15-8-10-16(11-9-15)18-12-19(17-6-4-5-7-20(17)29-3)26-22(23-14-24-26)25(18)21(27)13-28-2/h4-11,14,18-19H,12-13H2,1-3H3. The van der Waals surface area contributed by atoms with Gasteiger partial charge in [-0.15, -0.1) is 0 Å². The molecule has 4 rings (SSSR count). The van der Waals surface area contributed by atoms with Crippen molar-refractivity contribution in [3.8, 4) is 5.75 Å². The number of para-hydroxylation sites is 1. The molecule has 0 saturated carbocycles. The molecule has 0 N–H and O–H groups in total.